The van der Waals surface area contributed by atoms with E-state index in [1.165, 1.54) is 5.01 Å². The van der Waals surface area contributed by atoms with Crippen molar-refractivity contribution >= 4 is 11.3 Å². The van der Waals surface area contributed by atoms with Crippen molar-refractivity contribution in [1.82, 2.24) is 10.3 Å². The lowest BCUT2D eigenvalue weighted by Gasteiger charge is -2.18. The monoisotopic (exact) mass is 242 g/mol. The number of aryl methyl sites for hydroxylation is 1. The molecule has 1 rings (SSSR count). The zero-order chi connectivity index (χ0) is 12.0. The third-order valence-corrected chi connectivity index (χ3v) is 3.83. The summed E-state index contributed by atoms with van der Waals surface area (Å²) in [5.41, 5.74) is 1.12. The Kier molecular flexibility index (Phi) is 5.95. The molecule has 16 heavy (non-hydrogen) atoms. The molecule has 0 fully saturated rings. The number of ether oxygens (including phenoxy) is 1. The van der Waals surface area contributed by atoms with Gasteiger partial charge in [0.05, 0.1) is 11.6 Å². The van der Waals surface area contributed by atoms with E-state index < -0.39 is 0 Å². The topological polar surface area (TPSA) is 34.1 Å². The van der Waals surface area contributed by atoms with Gasteiger partial charge in [0.25, 0.3) is 0 Å². The third kappa shape index (κ3) is 4.20. The molecule has 1 aromatic rings. The highest BCUT2D eigenvalue weighted by molar-refractivity contribution is 7.09. The molecular weight excluding hydrogens is 220 g/mol. The first-order valence-corrected chi connectivity index (χ1v) is 6.69. The fourth-order valence-electron chi connectivity index (χ4n) is 1.55. The van der Waals surface area contributed by atoms with Crippen LogP contribution in [0.4, 0.5) is 0 Å². The van der Waals surface area contributed by atoms with E-state index in [9.17, 15) is 0 Å². The van der Waals surface area contributed by atoms with Crippen LogP contribution in [0.5, 0.6) is 0 Å². The average Bonchev–Trinajstić information content (AvgIpc) is 2.70. The molecule has 0 amide bonds. The predicted octanol–water partition coefficient (Wildman–Crippen LogP) is 2.57. The zero-order valence-corrected chi connectivity index (χ0v) is 11.4. The molecule has 4 heteroatoms. The summed E-state index contributed by atoms with van der Waals surface area (Å²) in [5, 5.41) is 6.85. The van der Waals surface area contributed by atoms with E-state index in [1.54, 1.807) is 18.4 Å². The van der Waals surface area contributed by atoms with Crippen LogP contribution >= 0.6 is 11.3 Å². The number of aromatic nitrogens is 1. The van der Waals surface area contributed by atoms with E-state index >= 15 is 0 Å². The maximum atomic E-state index is 5.16. The number of nitrogens with one attached hydrogen (secondary N) is 1. The lowest BCUT2D eigenvalue weighted by molar-refractivity contribution is 0.164. The largest absolute Gasteiger partial charge is 0.383 e. The van der Waals surface area contributed by atoms with Gasteiger partial charge in [0, 0.05) is 36.7 Å². The van der Waals surface area contributed by atoms with Crippen molar-refractivity contribution in [3.05, 3.63) is 16.1 Å². The summed E-state index contributed by atoms with van der Waals surface area (Å²) >= 11 is 1.75. The Bertz CT molecular complexity index is 301. The zero-order valence-electron chi connectivity index (χ0n) is 10.6. The molecule has 0 radical (unpaired) electrons. The summed E-state index contributed by atoms with van der Waals surface area (Å²) < 4.78 is 5.16. The van der Waals surface area contributed by atoms with Crippen LogP contribution in [0.3, 0.4) is 0 Å². The van der Waals surface area contributed by atoms with Gasteiger partial charge >= 0.3 is 0 Å². The van der Waals surface area contributed by atoms with Crippen molar-refractivity contribution in [1.29, 1.82) is 0 Å². The van der Waals surface area contributed by atoms with Crippen LogP contribution in [0.2, 0.25) is 0 Å². The molecule has 92 valence electrons. The lowest BCUT2D eigenvalue weighted by Crippen LogP contribution is -2.35. The average molecular weight is 242 g/mol. The second-order valence-electron chi connectivity index (χ2n) is 4.20. The lowest BCUT2D eigenvalue weighted by atomic mass is 10.1. The highest BCUT2D eigenvalue weighted by atomic mass is 32.1. The number of hydrogen-bond donors (Lipinski definition) is 1. The number of methoxy groups -OCH3 is 1. The molecular formula is C12H22N2OS. The van der Waals surface area contributed by atoms with Crippen molar-refractivity contribution in [3.8, 4) is 0 Å². The van der Waals surface area contributed by atoms with E-state index in [0.717, 1.165) is 25.3 Å². The van der Waals surface area contributed by atoms with Gasteiger partial charge in [0.1, 0.15) is 0 Å². The Hall–Kier alpha value is -0.450. The second kappa shape index (κ2) is 6.99. The molecule has 0 saturated heterocycles. The van der Waals surface area contributed by atoms with Gasteiger partial charge in [-0.2, -0.15) is 0 Å². The van der Waals surface area contributed by atoms with Crippen molar-refractivity contribution in [2.45, 2.75) is 39.2 Å². The molecule has 2 atom stereocenters. The minimum atomic E-state index is 0.452. The summed E-state index contributed by atoms with van der Waals surface area (Å²) in [6, 6.07) is 0.452. The first kappa shape index (κ1) is 13.6. The summed E-state index contributed by atoms with van der Waals surface area (Å²) in [4.78, 5) is 4.51. The standard InChI is InChI=1S/C12H22N2OS/c1-5-11(7-15-4)13-6-9(2)12-14-10(3)8-16-12/h8-9,11,13H,5-7H2,1-4H3. The molecule has 1 aromatic heterocycles. The van der Waals surface area contributed by atoms with E-state index in [0.29, 0.717) is 12.0 Å². The minimum absolute atomic E-state index is 0.452. The second-order valence-corrected chi connectivity index (χ2v) is 5.09. The van der Waals surface area contributed by atoms with Gasteiger partial charge in [-0.1, -0.05) is 13.8 Å². The van der Waals surface area contributed by atoms with E-state index in [-0.39, 0.29) is 0 Å². The van der Waals surface area contributed by atoms with Crippen molar-refractivity contribution < 1.29 is 4.74 Å². The van der Waals surface area contributed by atoms with Crippen LogP contribution in [-0.4, -0.2) is 31.3 Å². The van der Waals surface area contributed by atoms with Crippen LogP contribution in [0, 0.1) is 6.92 Å². The molecule has 1 heterocycles. The Morgan fingerprint density at radius 3 is 2.81 bits per heavy atom. The van der Waals surface area contributed by atoms with Crippen molar-refractivity contribution in [2.24, 2.45) is 0 Å². The number of rotatable bonds is 7. The van der Waals surface area contributed by atoms with E-state index in [4.69, 9.17) is 4.74 Å². The van der Waals surface area contributed by atoms with Crippen molar-refractivity contribution in [3.63, 3.8) is 0 Å². The fraction of sp³-hybridized carbons (Fsp3) is 0.750. The Morgan fingerprint density at radius 2 is 2.31 bits per heavy atom. The highest BCUT2D eigenvalue weighted by Gasteiger charge is 2.12. The van der Waals surface area contributed by atoms with Crippen LogP contribution in [0.25, 0.3) is 0 Å². The molecule has 0 saturated carbocycles. The molecule has 1 N–H and O–H groups in total. The molecule has 3 nitrogen and oxygen atoms in total. The summed E-state index contributed by atoms with van der Waals surface area (Å²) in [5.74, 6) is 0.476. The smallest absolute Gasteiger partial charge is 0.0969 e. The normalized spacial score (nSPS) is 15.0. The molecule has 2 unspecified atom stereocenters. The summed E-state index contributed by atoms with van der Waals surface area (Å²) in [6.45, 7) is 8.18. The molecule has 0 spiro atoms. The van der Waals surface area contributed by atoms with Gasteiger partial charge in [-0.25, -0.2) is 4.98 Å². The first-order chi connectivity index (χ1) is 7.67. The SMILES string of the molecule is CCC(COC)NCC(C)c1nc(C)cs1. The molecule has 0 aliphatic heterocycles. The van der Waals surface area contributed by atoms with Gasteiger partial charge in [-0.05, 0) is 13.3 Å². The first-order valence-electron chi connectivity index (χ1n) is 5.81. The van der Waals surface area contributed by atoms with Crippen molar-refractivity contribution in [2.75, 3.05) is 20.3 Å². The number of hydrogen-bond acceptors (Lipinski definition) is 4. The molecule has 0 aliphatic rings. The number of nitrogens with zero attached hydrogens (tertiary/aromatic N) is 1. The van der Waals surface area contributed by atoms with E-state index in [2.05, 4.69) is 29.5 Å². The Morgan fingerprint density at radius 1 is 1.56 bits per heavy atom. The Balaban J connectivity index is 2.36. The fourth-order valence-corrected chi connectivity index (χ4v) is 2.41. The molecule has 0 aliphatic carbocycles. The van der Waals surface area contributed by atoms with Crippen LogP contribution < -0.4 is 5.32 Å². The molecule has 0 bridgehead atoms. The third-order valence-electron chi connectivity index (χ3n) is 2.63. The number of thiazole rings is 1. The highest BCUT2D eigenvalue weighted by Crippen LogP contribution is 2.19. The quantitative estimate of drug-likeness (QED) is 0.798. The molecule has 0 aromatic carbocycles. The van der Waals surface area contributed by atoms with Gasteiger partial charge < -0.3 is 10.1 Å². The van der Waals surface area contributed by atoms with Crippen LogP contribution in [0.15, 0.2) is 5.38 Å². The maximum Gasteiger partial charge on any atom is 0.0969 e. The maximum absolute atomic E-state index is 5.16. The van der Waals surface area contributed by atoms with Crippen LogP contribution in [0.1, 0.15) is 36.9 Å². The van der Waals surface area contributed by atoms with Gasteiger partial charge in [0.2, 0.25) is 0 Å². The minimum Gasteiger partial charge on any atom is -0.383 e. The summed E-state index contributed by atoms with van der Waals surface area (Å²) in [6.07, 6.45) is 1.09. The van der Waals surface area contributed by atoms with Crippen LogP contribution in [-0.2, 0) is 4.74 Å². The van der Waals surface area contributed by atoms with Gasteiger partial charge in [-0.3, -0.25) is 0 Å². The Labute approximate surface area is 102 Å². The predicted molar refractivity (Wildman–Crippen MR) is 69.2 cm³/mol. The van der Waals surface area contributed by atoms with Gasteiger partial charge in [0.15, 0.2) is 0 Å². The van der Waals surface area contributed by atoms with E-state index in [1.807, 2.05) is 6.92 Å². The van der Waals surface area contributed by atoms with Gasteiger partial charge in [-0.15, -0.1) is 11.3 Å². The summed E-state index contributed by atoms with van der Waals surface area (Å²) in [7, 11) is 1.75.